The topological polar surface area (TPSA) is 106 Å². The van der Waals surface area contributed by atoms with Crippen LogP contribution in [0, 0.1) is 5.41 Å². The lowest BCUT2D eigenvalue weighted by Gasteiger charge is -2.15. The van der Waals surface area contributed by atoms with Crippen LogP contribution in [-0.4, -0.2) is 22.7 Å². The molecule has 0 aliphatic rings. The van der Waals surface area contributed by atoms with Gasteiger partial charge in [-0.25, -0.2) is 14.5 Å². The number of benzene rings is 2. The molecule has 0 radical (unpaired) electrons. The van der Waals surface area contributed by atoms with Crippen LogP contribution in [0.5, 0.6) is 0 Å². The molecule has 0 amide bonds. The third kappa shape index (κ3) is 2.91. The fourth-order valence-electron chi connectivity index (χ4n) is 2.40. The SMILES string of the molecule is COC(=O)c1ccc2c(c1)nc(N)c(=N)n2NCc1ccccc1. The van der Waals surface area contributed by atoms with E-state index < -0.39 is 5.97 Å². The fourth-order valence-corrected chi connectivity index (χ4v) is 2.40. The molecule has 7 nitrogen and oxygen atoms in total. The van der Waals surface area contributed by atoms with Gasteiger partial charge < -0.3 is 15.9 Å². The van der Waals surface area contributed by atoms with E-state index in [4.69, 9.17) is 15.9 Å². The maximum Gasteiger partial charge on any atom is 0.337 e. The summed E-state index contributed by atoms with van der Waals surface area (Å²) in [7, 11) is 1.32. The number of carbonyl (C=O) groups excluding carboxylic acids is 1. The standard InChI is InChI=1S/C17H17N5O2/c1-24-17(23)12-7-8-14-13(9-12)21-15(18)16(19)22(14)20-10-11-5-3-2-4-6-11/h2-9,19-20H,10H2,1H3,(H2,18,21). The van der Waals surface area contributed by atoms with E-state index in [0.29, 0.717) is 23.1 Å². The average molecular weight is 323 g/mol. The summed E-state index contributed by atoms with van der Waals surface area (Å²) in [6.45, 7) is 0.523. The van der Waals surface area contributed by atoms with E-state index in [1.165, 1.54) is 7.11 Å². The molecule has 3 aromatic rings. The molecule has 0 unspecified atom stereocenters. The third-order valence-electron chi connectivity index (χ3n) is 3.63. The molecular weight excluding hydrogens is 306 g/mol. The number of aromatic nitrogens is 2. The number of nitrogens with zero attached hydrogens (tertiary/aromatic N) is 2. The normalized spacial score (nSPS) is 10.5. The predicted molar refractivity (Wildman–Crippen MR) is 90.8 cm³/mol. The zero-order chi connectivity index (χ0) is 17.1. The van der Waals surface area contributed by atoms with Gasteiger partial charge in [0.15, 0.2) is 11.3 Å². The van der Waals surface area contributed by atoms with E-state index in [-0.39, 0.29) is 11.3 Å². The number of anilines is 1. The highest BCUT2D eigenvalue weighted by Gasteiger charge is 2.11. The van der Waals surface area contributed by atoms with Crippen LogP contribution in [0.2, 0.25) is 0 Å². The summed E-state index contributed by atoms with van der Waals surface area (Å²) in [5.41, 5.74) is 11.7. The van der Waals surface area contributed by atoms with Crippen molar-refractivity contribution in [1.29, 1.82) is 5.41 Å². The first kappa shape index (κ1) is 15.5. The molecule has 0 aliphatic heterocycles. The lowest BCUT2D eigenvalue weighted by atomic mass is 10.2. The highest BCUT2D eigenvalue weighted by atomic mass is 16.5. The van der Waals surface area contributed by atoms with Crippen LogP contribution in [0.3, 0.4) is 0 Å². The van der Waals surface area contributed by atoms with Crippen LogP contribution in [-0.2, 0) is 11.3 Å². The average Bonchev–Trinajstić information content (AvgIpc) is 2.62. The Hall–Kier alpha value is -3.35. The second kappa shape index (κ2) is 6.41. The summed E-state index contributed by atoms with van der Waals surface area (Å²) >= 11 is 0. The Kier molecular flexibility index (Phi) is 4.15. The van der Waals surface area contributed by atoms with Gasteiger partial charge in [0.1, 0.15) is 0 Å². The van der Waals surface area contributed by atoms with Gasteiger partial charge in [-0.2, -0.15) is 0 Å². The van der Waals surface area contributed by atoms with Crippen LogP contribution in [0.25, 0.3) is 11.0 Å². The van der Waals surface area contributed by atoms with E-state index in [1.807, 2.05) is 30.3 Å². The Morgan fingerprint density at radius 3 is 2.75 bits per heavy atom. The first-order chi connectivity index (χ1) is 11.6. The maximum absolute atomic E-state index is 11.7. The molecule has 0 spiro atoms. The van der Waals surface area contributed by atoms with Gasteiger partial charge in [-0.05, 0) is 23.8 Å². The number of methoxy groups -OCH3 is 1. The Morgan fingerprint density at radius 2 is 2.04 bits per heavy atom. The molecule has 0 atom stereocenters. The van der Waals surface area contributed by atoms with E-state index in [0.717, 1.165) is 5.56 Å². The monoisotopic (exact) mass is 323 g/mol. The first-order valence-electron chi connectivity index (χ1n) is 7.33. The van der Waals surface area contributed by atoms with Gasteiger partial charge in [-0.3, -0.25) is 5.41 Å². The minimum Gasteiger partial charge on any atom is -0.465 e. The smallest absolute Gasteiger partial charge is 0.337 e. The molecule has 4 N–H and O–H groups in total. The van der Waals surface area contributed by atoms with Gasteiger partial charge >= 0.3 is 5.97 Å². The Morgan fingerprint density at radius 1 is 1.29 bits per heavy atom. The van der Waals surface area contributed by atoms with Crippen molar-refractivity contribution in [2.75, 3.05) is 18.3 Å². The van der Waals surface area contributed by atoms with Crippen molar-refractivity contribution in [3.05, 3.63) is 65.1 Å². The summed E-state index contributed by atoms with van der Waals surface area (Å²) in [6.07, 6.45) is 0. The van der Waals surface area contributed by atoms with E-state index >= 15 is 0 Å². The van der Waals surface area contributed by atoms with Crippen molar-refractivity contribution in [3.8, 4) is 0 Å². The van der Waals surface area contributed by atoms with Crippen LogP contribution in [0.4, 0.5) is 5.82 Å². The number of hydrogen-bond donors (Lipinski definition) is 3. The number of nitrogens with one attached hydrogen (secondary N) is 2. The molecule has 1 aromatic heterocycles. The van der Waals surface area contributed by atoms with Crippen molar-refractivity contribution >= 4 is 22.8 Å². The molecule has 0 aliphatic carbocycles. The highest BCUT2D eigenvalue weighted by Crippen LogP contribution is 2.14. The van der Waals surface area contributed by atoms with Gasteiger partial charge in [0.05, 0.1) is 30.3 Å². The minimum atomic E-state index is -0.448. The Balaban J connectivity index is 2.04. The van der Waals surface area contributed by atoms with Crippen LogP contribution >= 0.6 is 0 Å². The summed E-state index contributed by atoms with van der Waals surface area (Å²) in [5.74, 6) is -0.374. The zero-order valence-corrected chi connectivity index (χ0v) is 13.1. The molecule has 0 saturated heterocycles. The molecule has 122 valence electrons. The molecule has 0 fully saturated rings. The summed E-state index contributed by atoms with van der Waals surface area (Å²) in [5, 5.41) is 8.14. The van der Waals surface area contributed by atoms with E-state index in [9.17, 15) is 4.79 Å². The number of esters is 1. The number of rotatable bonds is 4. The van der Waals surface area contributed by atoms with Crippen molar-refractivity contribution in [1.82, 2.24) is 9.66 Å². The molecule has 24 heavy (non-hydrogen) atoms. The number of ether oxygens (including phenoxy) is 1. The maximum atomic E-state index is 11.7. The number of hydrogen-bond acceptors (Lipinski definition) is 6. The van der Waals surface area contributed by atoms with E-state index in [1.54, 1.807) is 22.9 Å². The number of fused-ring (bicyclic) bond motifs is 1. The number of nitrogens with two attached hydrogens (primary N) is 1. The molecule has 7 heteroatoms. The third-order valence-corrected chi connectivity index (χ3v) is 3.63. The quantitative estimate of drug-likeness (QED) is 0.633. The highest BCUT2D eigenvalue weighted by molar-refractivity contribution is 5.93. The first-order valence-corrected chi connectivity index (χ1v) is 7.33. The molecule has 2 aromatic carbocycles. The number of nitrogen functional groups attached to an aromatic ring is 1. The predicted octanol–water partition coefficient (Wildman–Crippen LogP) is 1.63. The summed E-state index contributed by atoms with van der Waals surface area (Å²) in [6, 6.07) is 14.8. The van der Waals surface area contributed by atoms with Gasteiger partial charge in [-0.1, -0.05) is 30.3 Å². The van der Waals surface area contributed by atoms with Crippen molar-refractivity contribution in [2.24, 2.45) is 0 Å². The largest absolute Gasteiger partial charge is 0.465 e. The van der Waals surface area contributed by atoms with Gasteiger partial charge in [0.2, 0.25) is 0 Å². The lowest BCUT2D eigenvalue weighted by molar-refractivity contribution is 0.0601. The summed E-state index contributed by atoms with van der Waals surface area (Å²) in [4.78, 5) is 15.9. The Bertz CT molecular complexity index is 950. The molecule has 0 bridgehead atoms. The molecular formula is C17H17N5O2. The van der Waals surface area contributed by atoms with Crippen LogP contribution < -0.4 is 16.6 Å². The van der Waals surface area contributed by atoms with Gasteiger partial charge in [-0.15, -0.1) is 0 Å². The second-order valence-electron chi connectivity index (χ2n) is 5.20. The van der Waals surface area contributed by atoms with Crippen molar-refractivity contribution in [3.63, 3.8) is 0 Å². The van der Waals surface area contributed by atoms with Crippen molar-refractivity contribution in [2.45, 2.75) is 6.54 Å². The van der Waals surface area contributed by atoms with Gasteiger partial charge in [0, 0.05) is 0 Å². The minimum absolute atomic E-state index is 0.0595. The van der Waals surface area contributed by atoms with Crippen molar-refractivity contribution < 1.29 is 9.53 Å². The lowest BCUT2D eigenvalue weighted by Crippen LogP contribution is -2.32. The molecule has 0 saturated carbocycles. The van der Waals surface area contributed by atoms with Crippen LogP contribution in [0.15, 0.2) is 48.5 Å². The number of carbonyl (C=O) groups is 1. The second-order valence-corrected chi connectivity index (χ2v) is 5.20. The zero-order valence-electron chi connectivity index (χ0n) is 13.1. The molecule has 3 rings (SSSR count). The van der Waals surface area contributed by atoms with Gasteiger partial charge in [0.25, 0.3) is 0 Å². The fraction of sp³-hybridized carbons (Fsp3) is 0.118. The Labute approximate surface area is 138 Å². The molecule has 1 heterocycles. The van der Waals surface area contributed by atoms with E-state index in [2.05, 4.69) is 10.4 Å². The van der Waals surface area contributed by atoms with Crippen LogP contribution in [0.1, 0.15) is 15.9 Å². The summed E-state index contributed by atoms with van der Waals surface area (Å²) < 4.78 is 6.28.